The standard InChI is InChI=1S/C11H20N2O/c1-10-3-5-11(14,6-4-10)9-13-8-2-7-12/h10,13-14H,2-6,8-9H2,1H3. The number of aliphatic hydroxyl groups is 1. The summed E-state index contributed by atoms with van der Waals surface area (Å²) in [6, 6.07) is 2.08. The predicted molar refractivity (Wildman–Crippen MR) is 55.7 cm³/mol. The molecule has 0 atom stereocenters. The van der Waals surface area contributed by atoms with E-state index >= 15 is 0 Å². The number of rotatable bonds is 4. The van der Waals surface area contributed by atoms with Crippen LogP contribution in [0.3, 0.4) is 0 Å². The van der Waals surface area contributed by atoms with Gasteiger partial charge in [0.05, 0.1) is 11.7 Å². The third kappa shape index (κ3) is 3.65. The van der Waals surface area contributed by atoms with Crippen molar-refractivity contribution in [2.75, 3.05) is 13.1 Å². The maximum absolute atomic E-state index is 10.1. The lowest BCUT2D eigenvalue weighted by atomic mass is 9.79. The summed E-state index contributed by atoms with van der Waals surface area (Å²) >= 11 is 0. The molecule has 1 rings (SSSR count). The van der Waals surface area contributed by atoms with E-state index in [2.05, 4.69) is 18.3 Å². The highest BCUT2D eigenvalue weighted by Crippen LogP contribution is 2.31. The number of hydrogen-bond donors (Lipinski definition) is 2. The van der Waals surface area contributed by atoms with Gasteiger partial charge >= 0.3 is 0 Å². The first-order chi connectivity index (χ1) is 6.66. The van der Waals surface area contributed by atoms with E-state index in [0.717, 1.165) is 31.6 Å². The van der Waals surface area contributed by atoms with Gasteiger partial charge in [-0.1, -0.05) is 6.92 Å². The highest BCUT2D eigenvalue weighted by molar-refractivity contribution is 4.86. The second kappa shape index (κ2) is 5.33. The first-order valence-electron chi connectivity index (χ1n) is 5.46. The lowest BCUT2D eigenvalue weighted by Gasteiger charge is -2.35. The molecule has 1 saturated carbocycles. The van der Waals surface area contributed by atoms with E-state index in [1.54, 1.807) is 0 Å². The van der Waals surface area contributed by atoms with E-state index in [-0.39, 0.29) is 0 Å². The second-order valence-corrected chi connectivity index (χ2v) is 4.49. The maximum Gasteiger partial charge on any atom is 0.0771 e. The van der Waals surface area contributed by atoms with Gasteiger partial charge in [0.1, 0.15) is 0 Å². The van der Waals surface area contributed by atoms with Crippen LogP contribution in [0.5, 0.6) is 0 Å². The Hall–Kier alpha value is -0.590. The van der Waals surface area contributed by atoms with Gasteiger partial charge in [-0.25, -0.2) is 0 Å². The van der Waals surface area contributed by atoms with Crippen LogP contribution < -0.4 is 5.32 Å². The maximum atomic E-state index is 10.1. The lowest BCUT2D eigenvalue weighted by Crippen LogP contribution is -2.43. The minimum absolute atomic E-state index is 0.512. The number of nitriles is 1. The highest BCUT2D eigenvalue weighted by atomic mass is 16.3. The average Bonchev–Trinajstić information content (AvgIpc) is 2.18. The normalized spacial score (nSPS) is 32.5. The van der Waals surface area contributed by atoms with E-state index in [1.165, 1.54) is 0 Å². The molecular weight excluding hydrogens is 176 g/mol. The largest absolute Gasteiger partial charge is 0.389 e. The van der Waals surface area contributed by atoms with Crippen molar-refractivity contribution in [3.05, 3.63) is 0 Å². The van der Waals surface area contributed by atoms with Crippen molar-refractivity contribution in [2.45, 2.75) is 44.6 Å². The van der Waals surface area contributed by atoms with E-state index in [1.807, 2.05) is 0 Å². The minimum atomic E-state index is -0.512. The molecule has 1 aliphatic rings. The summed E-state index contributed by atoms with van der Waals surface area (Å²) in [5.41, 5.74) is -0.512. The van der Waals surface area contributed by atoms with Gasteiger partial charge in [-0.05, 0) is 31.6 Å². The minimum Gasteiger partial charge on any atom is -0.389 e. The predicted octanol–water partition coefficient (Wildman–Crippen LogP) is 1.43. The van der Waals surface area contributed by atoms with Crippen LogP contribution in [0.15, 0.2) is 0 Å². The molecule has 3 nitrogen and oxygen atoms in total. The van der Waals surface area contributed by atoms with Crippen molar-refractivity contribution >= 4 is 0 Å². The summed E-state index contributed by atoms with van der Waals surface area (Å²) in [6.07, 6.45) is 4.56. The van der Waals surface area contributed by atoms with Gasteiger partial charge in [-0.15, -0.1) is 0 Å². The third-order valence-corrected chi connectivity index (χ3v) is 3.07. The van der Waals surface area contributed by atoms with Crippen molar-refractivity contribution in [2.24, 2.45) is 5.92 Å². The Morgan fingerprint density at radius 3 is 2.71 bits per heavy atom. The fraction of sp³-hybridized carbons (Fsp3) is 0.909. The fourth-order valence-electron chi connectivity index (χ4n) is 1.94. The van der Waals surface area contributed by atoms with Gasteiger partial charge in [0.2, 0.25) is 0 Å². The average molecular weight is 196 g/mol. The molecule has 0 bridgehead atoms. The summed E-state index contributed by atoms with van der Waals surface area (Å²) in [4.78, 5) is 0. The number of hydrogen-bond acceptors (Lipinski definition) is 3. The van der Waals surface area contributed by atoms with Crippen LogP contribution in [0.25, 0.3) is 0 Å². The van der Waals surface area contributed by atoms with Crippen LogP contribution in [0.1, 0.15) is 39.0 Å². The Bertz CT molecular complexity index is 202. The summed E-state index contributed by atoms with van der Waals surface area (Å²) < 4.78 is 0. The van der Waals surface area contributed by atoms with Gasteiger partial charge in [-0.3, -0.25) is 0 Å². The molecule has 1 aliphatic carbocycles. The second-order valence-electron chi connectivity index (χ2n) is 4.49. The van der Waals surface area contributed by atoms with Crippen molar-refractivity contribution in [1.82, 2.24) is 5.32 Å². The van der Waals surface area contributed by atoms with Crippen LogP contribution in [0.4, 0.5) is 0 Å². The van der Waals surface area contributed by atoms with Gasteiger partial charge in [0.15, 0.2) is 0 Å². The van der Waals surface area contributed by atoms with Gasteiger partial charge in [-0.2, -0.15) is 5.26 Å². The van der Waals surface area contributed by atoms with Gasteiger partial charge in [0, 0.05) is 19.5 Å². The molecule has 0 aromatic carbocycles. The molecule has 0 aromatic rings. The quantitative estimate of drug-likeness (QED) is 0.669. The molecule has 0 unspecified atom stereocenters. The fourth-order valence-corrected chi connectivity index (χ4v) is 1.94. The monoisotopic (exact) mass is 196 g/mol. The molecule has 0 saturated heterocycles. The summed E-state index contributed by atoms with van der Waals surface area (Å²) in [5.74, 6) is 0.759. The summed E-state index contributed by atoms with van der Waals surface area (Å²) in [5, 5.41) is 21.6. The molecule has 0 spiro atoms. The van der Waals surface area contributed by atoms with E-state index in [9.17, 15) is 5.11 Å². The summed E-state index contributed by atoms with van der Waals surface area (Å²) in [7, 11) is 0. The molecule has 0 heterocycles. The van der Waals surface area contributed by atoms with Crippen molar-refractivity contribution in [3.63, 3.8) is 0 Å². The van der Waals surface area contributed by atoms with Crippen LogP contribution in [0, 0.1) is 17.2 Å². The van der Waals surface area contributed by atoms with E-state index < -0.39 is 5.60 Å². The third-order valence-electron chi connectivity index (χ3n) is 3.07. The smallest absolute Gasteiger partial charge is 0.0771 e. The molecule has 0 amide bonds. The van der Waals surface area contributed by atoms with Crippen LogP contribution in [-0.2, 0) is 0 Å². The summed E-state index contributed by atoms with van der Waals surface area (Å²) in [6.45, 7) is 3.57. The Balaban J connectivity index is 2.19. The van der Waals surface area contributed by atoms with E-state index in [0.29, 0.717) is 19.5 Å². The van der Waals surface area contributed by atoms with Crippen LogP contribution in [0.2, 0.25) is 0 Å². The molecule has 0 radical (unpaired) electrons. The first-order valence-corrected chi connectivity index (χ1v) is 5.46. The molecule has 0 aliphatic heterocycles. The SMILES string of the molecule is CC1CCC(O)(CNCCC#N)CC1. The molecule has 14 heavy (non-hydrogen) atoms. The Labute approximate surface area is 86.1 Å². The Kier molecular flexibility index (Phi) is 4.37. The van der Waals surface area contributed by atoms with Crippen molar-refractivity contribution in [3.8, 4) is 6.07 Å². The van der Waals surface area contributed by atoms with Gasteiger partial charge in [0.25, 0.3) is 0 Å². The van der Waals surface area contributed by atoms with E-state index in [4.69, 9.17) is 5.26 Å². The highest BCUT2D eigenvalue weighted by Gasteiger charge is 2.30. The zero-order valence-electron chi connectivity index (χ0n) is 8.92. The molecule has 3 heteroatoms. The molecule has 0 aromatic heterocycles. The Morgan fingerprint density at radius 2 is 2.14 bits per heavy atom. The zero-order chi connectivity index (χ0) is 10.4. The molecular formula is C11H20N2O. The Morgan fingerprint density at radius 1 is 1.50 bits per heavy atom. The number of nitrogens with zero attached hydrogens (tertiary/aromatic N) is 1. The first kappa shape index (κ1) is 11.5. The van der Waals surface area contributed by atoms with Gasteiger partial charge < -0.3 is 10.4 Å². The van der Waals surface area contributed by atoms with Crippen molar-refractivity contribution < 1.29 is 5.11 Å². The molecule has 80 valence electrons. The van der Waals surface area contributed by atoms with Crippen LogP contribution >= 0.6 is 0 Å². The zero-order valence-corrected chi connectivity index (χ0v) is 8.92. The molecule has 1 fully saturated rings. The van der Waals surface area contributed by atoms with Crippen LogP contribution in [-0.4, -0.2) is 23.8 Å². The number of nitrogens with one attached hydrogen (secondary N) is 1. The lowest BCUT2D eigenvalue weighted by molar-refractivity contribution is -0.00578. The topological polar surface area (TPSA) is 56.0 Å². The van der Waals surface area contributed by atoms with Crippen molar-refractivity contribution in [1.29, 1.82) is 5.26 Å². The molecule has 2 N–H and O–H groups in total.